The minimum atomic E-state index is -0.655. The number of benzene rings is 4. The molecule has 1 aliphatic rings. The summed E-state index contributed by atoms with van der Waals surface area (Å²) in [6.07, 6.45) is 0.0169. The standard InChI is InChI=1S/C29H23ClN2O5/c30-21-7-4-8-22(16-21)31-27(33)18-36-29(35)20-15-28(34)32(17-20)23-11-13-24(14-12-23)37-26-10-3-6-19-5-1-2-9-25(19)26/h1-14,16,20H,15,17-18H2,(H,31,33)/t20-/m0/s1. The number of amides is 2. The Hall–Kier alpha value is -4.36. The second kappa shape index (κ2) is 10.7. The van der Waals surface area contributed by atoms with Gasteiger partial charge in [0.15, 0.2) is 6.61 Å². The predicted molar refractivity (Wildman–Crippen MR) is 142 cm³/mol. The lowest BCUT2D eigenvalue weighted by Crippen LogP contribution is -2.28. The van der Waals surface area contributed by atoms with Crippen LogP contribution in [-0.2, 0) is 19.1 Å². The van der Waals surface area contributed by atoms with E-state index in [-0.39, 0.29) is 18.9 Å². The van der Waals surface area contributed by atoms with Gasteiger partial charge in [-0.2, -0.15) is 0 Å². The lowest BCUT2D eigenvalue weighted by Gasteiger charge is -2.17. The molecule has 1 N–H and O–H groups in total. The van der Waals surface area contributed by atoms with Crippen molar-refractivity contribution < 1.29 is 23.9 Å². The number of nitrogens with one attached hydrogen (secondary N) is 1. The second-order valence-corrected chi connectivity index (χ2v) is 9.08. The average molecular weight is 515 g/mol. The summed E-state index contributed by atoms with van der Waals surface area (Å²) < 4.78 is 11.2. The molecule has 0 radical (unpaired) electrons. The number of esters is 1. The fourth-order valence-corrected chi connectivity index (χ4v) is 4.43. The Balaban J connectivity index is 1.17. The molecule has 1 heterocycles. The predicted octanol–water partition coefficient (Wildman–Crippen LogP) is 5.82. The maximum absolute atomic E-state index is 12.6. The SMILES string of the molecule is O=C(COC(=O)[C@H]1CC(=O)N(c2ccc(Oc3cccc4ccccc34)cc2)C1)Nc1cccc(Cl)c1. The number of ether oxygens (including phenoxy) is 2. The highest BCUT2D eigenvalue weighted by molar-refractivity contribution is 6.30. The topological polar surface area (TPSA) is 84.9 Å². The number of hydrogen-bond donors (Lipinski definition) is 1. The van der Waals surface area contributed by atoms with Crippen LogP contribution in [0.5, 0.6) is 11.5 Å². The molecular formula is C29H23ClN2O5. The molecule has 0 aliphatic carbocycles. The first kappa shape index (κ1) is 24.3. The highest BCUT2D eigenvalue weighted by atomic mass is 35.5. The Morgan fingerprint density at radius 3 is 2.51 bits per heavy atom. The van der Waals surface area contributed by atoms with Crippen LogP contribution in [0.1, 0.15) is 6.42 Å². The first-order valence-corrected chi connectivity index (χ1v) is 12.1. The number of halogens is 1. The van der Waals surface area contributed by atoms with Crippen LogP contribution in [0.15, 0.2) is 91.0 Å². The van der Waals surface area contributed by atoms with Crippen LogP contribution < -0.4 is 15.0 Å². The van der Waals surface area contributed by atoms with E-state index in [0.29, 0.717) is 22.1 Å². The van der Waals surface area contributed by atoms with E-state index in [1.807, 2.05) is 42.5 Å². The number of hydrogen-bond acceptors (Lipinski definition) is 5. The molecule has 1 saturated heterocycles. The van der Waals surface area contributed by atoms with Crippen molar-refractivity contribution in [2.24, 2.45) is 5.92 Å². The van der Waals surface area contributed by atoms with E-state index in [2.05, 4.69) is 5.32 Å². The van der Waals surface area contributed by atoms with Gasteiger partial charge in [0.2, 0.25) is 5.91 Å². The Morgan fingerprint density at radius 1 is 0.946 bits per heavy atom. The molecule has 4 aromatic rings. The molecule has 8 heteroatoms. The number of carbonyl (C=O) groups excluding carboxylic acids is 3. The molecule has 4 aromatic carbocycles. The summed E-state index contributed by atoms with van der Waals surface area (Å²) in [5.41, 5.74) is 1.16. The minimum Gasteiger partial charge on any atom is -0.457 e. The molecular weight excluding hydrogens is 492 g/mol. The number of rotatable bonds is 7. The van der Waals surface area contributed by atoms with Crippen molar-refractivity contribution in [2.45, 2.75) is 6.42 Å². The van der Waals surface area contributed by atoms with Crippen molar-refractivity contribution in [1.29, 1.82) is 0 Å². The van der Waals surface area contributed by atoms with Crippen molar-refractivity contribution >= 4 is 51.5 Å². The van der Waals surface area contributed by atoms with E-state index in [1.165, 1.54) is 0 Å². The maximum atomic E-state index is 12.6. The van der Waals surface area contributed by atoms with Crippen molar-refractivity contribution in [3.63, 3.8) is 0 Å². The minimum absolute atomic E-state index is 0.0169. The van der Waals surface area contributed by atoms with Gasteiger partial charge in [-0.15, -0.1) is 0 Å². The van der Waals surface area contributed by atoms with Gasteiger partial charge in [-0.25, -0.2) is 0 Å². The highest BCUT2D eigenvalue weighted by Gasteiger charge is 2.36. The molecule has 0 unspecified atom stereocenters. The quantitative estimate of drug-likeness (QED) is 0.314. The Kier molecular flexibility index (Phi) is 7.05. The van der Waals surface area contributed by atoms with E-state index in [4.69, 9.17) is 21.1 Å². The first-order valence-electron chi connectivity index (χ1n) is 11.7. The van der Waals surface area contributed by atoms with Gasteiger partial charge < -0.3 is 19.7 Å². The number of carbonyl (C=O) groups is 3. The summed E-state index contributed by atoms with van der Waals surface area (Å²) in [4.78, 5) is 38.8. The van der Waals surface area contributed by atoms with Gasteiger partial charge in [-0.3, -0.25) is 14.4 Å². The molecule has 1 aliphatic heterocycles. The third-order valence-electron chi connectivity index (χ3n) is 6.04. The largest absolute Gasteiger partial charge is 0.457 e. The van der Waals surface area contributed by atoms with E-state index in [9.17, 15) is 14.4 Å². The summed E-state index contributed by atoms with van der Waals surface area (Å²) in [7, 11) is 0. The molecule has 1 fully saturated rings. The van der Waals surface area contributed by atoms with E-state index < -0.39 is 24.4 Å². The highest BCUT2D eigenvalue weighted by Crippen LogP contribution is 2.32. The summed E-state index contributed by atoms with van der Waals surface area (Å²) in [5.74, 6) is -0.545. The van der Waals surface area contributed by atoms with Crippen LogP contribution in [0.25, 0.3) is 10.8 Å². The second-order valence-electron chi connectivity index (χ2n) is 8.64. The molecule has 0 saturated carbocycles. The zero-order valence-corrected chi connectivity index (χ0v) is 20.5. The number of fused-ring (bicyclic) bond motifs is 1. The Bertz CT molecular complexity index is 1470. The number of nitrogens with zero attached hydrogens (tertiary/aromatic N) is 1. The third kappa shape index (κ3) is 5.73. The van der Waals surface area contributed by atoms with Gasteiger partial charge in [-0.1, -0.05) is 54.1 Å². The normalized spacial score (nSPS) is 15.0. The van der Waals surface area contributed by atoms with E-state index >= 15 is 0 Å². The van der Waals surface area contributed by atoms with Crippen LogP contribution in [-0.4, -0.2) is 30.9 Å². The monoisotopic (exact) mass is 514 g/mol. The molecule has 0 spiro atoms. The van der Waals surface area contributed by atoms with Gasteiger partial charge in [0, 0.05) is 34.7 Å². The molecule has 2 amide bonds. The van der Waals surface area contributed by atoms with Crippen LogP contribution in [0.3, 0.4) is 0 Å². The van der Waals surface area contributed by atoms with Crippen molar-refractivity contribution in [2.75, 3.05) is 23.4 Å². The third-order valence-corrected chi connectivity index (χ3v) is 6.27. The lowest BCUT2D eigenvalue weighted by atomic mass is 10.1. The van der Waals surface area contributed by atoms with Gasteiger partial charge in [0.25, 0.3) is 5.91 Å². The summed E-state index contributed by atoms with van der Waals surface area (Å²) in [6.45, 7) is -0.270. The van der Waals surface area contributed by atoms with Crippen molar-refractivity contribution in [1.82, 2.24) is 0 Å². The average Bonchev–Trinajstić information content (AvgIpc) is 3.29. The van der Waals surface area contributed by atoms with Gasteiger partial charge in [-0.05, 0) is 53.9 Å². The van der Waals surface area contributed by atoms with Gasteiger partial charge in [0.1, 0.15) is 11.5 Å². The number of anilines is 2. The molecule has 0 aromatic heterocycles. The van der Waals surface area contributed by atoms with Crippen molar-refractivity contribution in [3.8, 4) is 11.5 Å². The van der Waals surface area contributed by atoms with Crippen LogP contribution in [0.2, 0.25) is 5.02 Å². The van der Waals surface area contributed by atoms with E-state index in [1.54, 1.807) is 53.4 Å². The zero-order valence-electron chi connectivity index (χ0n) is 19.7. The molecule has 5 rings (SSSR count). The zero-order chi connectivity index (χ0) is 25.8. The molecule has 186 valence electrons. The lowest BCUT2D eigenvalue weighted by molar-refractivity contribution is -0.151. The molecule has 0 bridgehead atoms. The fourth-order valence-electron chi connectivity index (χ4n) is 4.24. The maximum Gasteiger partial charge on any atom is 0.311 e. The van der Waals surface area contributed by atoms with Crippen molar-refractivity contribution in [3.05, 3.63) is 96.0 Å². The van der Waals surface area contributed by atoms with Crippen LogP contribution >= 0.6 is 11.6 Å². The Labute approximate surface area is 218 Å². The summed E-state index contributed by atoms with van der Waals surface area (Å²) in [6, 6.07) is 27.6. The summed E-state index contributed by atoms with van der Waals surface area (Å²) >= 11 is 5.91. The smallest absolute Gasteiger partial charge is 0.311 e. The van der Waals surface area contributed by atoms with Crippen LogP contribution in [0, 0.1) is 5.92 Å². The fraction of sp³-hybridized carbons (Fsp3) is 0.138. The Morgan fingerprint density at radius 2 is 1.70 bits per heavy atom. The first-order chi connectivity index (χ1) is 18.0. The molecule has 37 heavy (non-hydrogen) atoms. The van der Waals surface area contributed by atoms with E-state index in [0.717, 1.165) is 16.5 Å². The van der Waals surface area contributed by atoms with Crippen LogP contribution in [0.4, 0.5) is 11.4 Å². The molecule has 1 atom stereocenters. The summed E-state index contributed by atoms with van der Waals surface area (Å²) in [5, 5.41) is 5.18. The van der Waals surface area contributed by atoms with Gasteiger partial charge in [0.05, 0.1) is 5.92 Å². The molecule has 7 nitrogen and oxygen atoms in total. The van der Waals surface area contributed by atoms with Gasteiger partial charge >= 0.3 is 5.97 Å².